The number of rotatable bonds is 4. The van der Waals surface area contributed by atoms with Crippen LogP contribution >= 0.6 is 0 Å². The molecule has 8 aromatic rings. The van der Waals surface area contributed by atoms with Gasteiger partial charge in [0.2, 0.25) is 0 Å². The molecule has 0 aliphatic carbocycles. The van der Waals surface area contributed by atoms with Gasteiger partial charge in [0.05, 0.1) is 22.1 Å². The second-order valence-corrected chi connectivity index (χ2v) is 13.5. The van der Waals surface area contributed by atoms with E-state index in [1.165, 1.54) is 88.4 Å². The summed E-state index contributed by atoms with van der Waals surface area (Å²) >= 11 is 0. The number of nitrogens with zero attached hydrogens (tertiary/aromatic N) is 2. The topological polar surface area (TPSA) is 9.86 Å². The van der Waals surface area contributed by atoms with Crippen LogP contribution in [0.4, 0.5) is 0 Å². The van der Waals surface area contributed by atoms with Crippen LogP contribution in [-0.2, 0) is 5.41 Å². The Balaban J connectivity index is 1.17. The summed E-state index contributed by atoms with van der Waals surface area (Å²) < 4.78 is 4.81. The lowest BCUT2D eigenvalue weighted by Gasteiger charge is -2.27. The lowest BCUT2D eigenvalue weighted by Crippen LogP contribution is -2.19. The Morgan fingerprint density at radius 1 is 0.356 bits per heavy atom. The molecule has 0 aliphatic rings. The van der Waals surface area contributed by atoms with Crippen LogP contribution in [0.1, 0.15) is 47.2 Å². The fourth-order valence-electron chi connectivity index (χ4n) is 7.28. The van der Waals surface area contributed by atoms with Gasteiger partial charge in [0.25, 0.3) is 0 Å². The molecule has 45 heavy (non-hydrogen) atoms. The van der Waals surface area contributed by atoms with Crippen molar-refractivity contribution in [2.24, 2.45) is 0 Å². The molecular formula is C43H38N2. The first kappa shape index (κ1) is 27.5. The van der Waals surface area contributed by atoms with Gasteiger partial charge < -0.3 is 9.13 Å². The molecule has 220 valence electrons. The van der Waals surface area contributed by atoms with Crippen molar-refractivity contribution < 1.29 is 0 Å². The highest BCUT2D eigenvalue weighted by molar-refractivity contribution is 6.10. The Morgan fingerprint density at radius 2 is 0.622 bits per heavy atom. The third-order valence-corrected chi connectivity index (χ3v) is 9.85. The van der Waals surface area contributed by atoms with Crippen LogP contribution in [0.5, 0.6) is 0 Å². The third-order valence-electron chi connectivity index (χ3n) is 9.85. The van der Waals surface area contributed by atoms with E-state index in [-0.39, 0.29) is 5.41 Å². The Labute approximate surface area is 265 Å². The first-order valence-corrected chi connectivity index (χ1v) is 15.9. The van der Waals surface area contributed by atoms with E-state index in [9.17, 15) is 0 Å². The van der Waals surface area contributed by atoms with E-state index in [0.29, 0.717) is 0 Å². The molecule has 2 heteroatoms. The molecule has 6 aromatic carbocycles. The molecule has 0 bridgehead atoms. The monoisotopic (exact) mass is 582 g/mol. The molecule has 2 heterocycles. The average Bonchev–Trinajstić information content (AvgIpc) is 3.52. The maximum Gasteiger partial charge on any atom is 0.0541 e. The average molecular weight is 583 g/mol. The first-order chi connectivity index (χ1) is 21.7. The highest BCUT2D eigenvalue weighted by Gasteiger charge is 2.24. The van der Waals surface area contributed by atoms with Gasteiger partial charge in [-0.05, 0) is 112 Å². The summed E-state index contributed by atoms with van der Waals surface area (Å²) in [6.45, 7) is 13.3. The van der Waals surface area contributed by atoms with Crippen LogP contribution in [0, 0.1) is 27.7 Å². The molecule has 2 aromatic heterocycles. The van der Waals surface area contributed by atoms with Crippen LogP contribution in [0.25, 0.3) is 55.0 Å². The van der Waals surface area contributed by atoms with E-state index in [0.717, 1.165) is 0 Å². The Hall–Kier alpha value is -5.08. The normalized spacial score (nSPS) is 12.2. The third kappa shape index (κ3) is 4.31. The zero-order valence-corrected chi connectivity index (χ0v) is 26.9. The van der Waals surface area contributed by atoms with Gasteiger partial charge in [-0.1, -0.05) is 84.6 Å². The van der Waals surface area contributed by atoms with Crippen molar-refractivity contribution in [2.75, 3.05) is 0 Å². The highest BCUT2D eigenvalue weighted by atomic mass is 15.0. The summed E-state index contributed by atoms with van der Waals surface area (Å²) in [6.07, 6.45) is 0. The smallest absolute Gasteiger partial charge is 0.0541 e. The zero-order valence-electron chi connectivity index (χ0n) is 26.9. The number of aryl methyl sites for hydroxylation is 4. The molecule has 0 atom stereocenters. The van der Waals surface area contributed by atoms with Crippen molar-refractivity contribution in [1.29, 1.82) is 0 Å². The molecule has 0 saturated carbocycles. The lowest BCUT2D eigenvalue weighted by atomic mass is 9.78. The molecule has 8 rings (SSSR count). The van der Waals surface area contributed by atoms with Gasteiger partial charge in [-0.15, -0.1) is 0 Å². The number of benzene rings is 6. The summed E-state index contributed by atoms with van der Waals surface area (Å²) in [5.74, 6) is 0. The maximum atomic E-state index is 2.41. The van der Waals surface area contributed by atoms with Crippen molar-refractivity contribution in [3.8, 4) is 11.4 Å². The number of hydrogen-bond donors (Lipinski definition) is 0. The second-order valence-electron chi connectivity index (χ2n) is 13.5. The van der Waals surface area contributed by atoms with Gasteiger partial charge in [-0.3, -0.25) is 0 Å². The Bertz CT molecular complexity index is 2120. The molecule has 0 unspecified atom stereocenters. The van der Waals surface area contributed by atoms with Gasteiger partial charge in [0.1, 0.15) is 0 Å². The quantitative estimate of drug-likeness (QED) is 0.195. The van der Waals surface area contributed by atoms with Crippen molar-refractivity contribution in [3.63, 3.8) is 0 Å². The first-order valence-electron chi connectivity index (χ1n) is 15.9. The molecular weight excluding hydrogens is 544 g/mol. The summed E-state index contributed by atoms with van der Waals surface area (Å²) in [7, 11) is 0. The van der Waals surface area contributed by atoms with E-state index >= 15 is 0 Å². The van der Waals surface area contributed by atoms with Crippen molar-refractivity contribution in [2.45, 2.75) is 47.0 Å². The molecule has 0 aliphatic heterocycles. The van der Waals surface area contributed by atoms with Gasteiger partial charge in [0.15, 0.2) is 0 Å². The SMILES string of the molecule is Cc1ccc2c(c1)c1cc(C)ccc1n2-c1ccc(C(C)(C)c2ccc(-n3c4ccc(C)cc4c4cc(C)ccc43)cc2)cc1. The summed E-state index contributed by atoms with van der Waals surface area (Å²) in [5.41, 5.74) is 15.0. The van der Waals surface area contributed by atoms with E-state index in [1.807, 2.05) is 0 Å². The Morgan fingerprint density at radius 3 is 0.889 bits per heavy atom. The minimum absolute atomic E-state index is 0.152. The lowest BCUT2D eigenvalue weighted by molar-refractivity contribution is 0.640. The molecule has 0 amide bonds. The largest absolute Gasteiger partial charge is 0.309 e. The molecule has 0 fully saturated rings. The minimum atomic E-state index is -0.152. The Kier molecular flexibility index (Phi) is 6.09. The van der Waals surface area contributed by atoms with Crippen LogP contribution in [0.2, 0.25) is 0 Å². The van der Waals surface area contributed by atoms with E-state index in [2.05, 4.69) is 172 Å². The predicted molar refractivity (Wildman–Crippen MR) is 193 cm³/mol. The van der Waals surface area contributed by atoms with Crippen LogP contribution in [-0.4, -0.2) is 9.13 Å². The van der Waals surface area contributed by atoms with Crippen molar-refractivity contribution >= 4 is 43.6 Å². The summed E-state index contributed by atoms with van der Waals surface area (Å²) in [5, 5.41) is 5.25. The van der Waals surface area contributed by atoms with Crippen LogP contribution in [0.3, 0.4) is 0 Å². The minimum Gasteiger partial charge on any atom is -0.309 e. The summed E-state index contributed by atoms with van der Waals surface area (Å²) in [4.78, 5) is 0. The van der Waals surface area contributed by atoms with Gasteiger partial charge in [0, 0.05) is 38.3 Å². The number of hydrogen-bond acceptors (Lipinski definition) is 0. The fraction of sp³-hybridized carbons (Fsp3) is 0.163. The number of aromatic nitrogens is 2. The van der Waals surface area contributed by atoms with Gasteiger partial charge in [-0.25, -0.2) is 0 Å². The standard InChI is InChI=1S/C43H38N2/c1-27-7-19-39-35(23-27)36-24-28(2)8-20-40(36)44(39)33-15-11-31(12-16-33)43(5,6)32-13-17-34(18-14-32)45-41-21-9-29(3)25-37(41)38-26-30(4)10-22-42(38)45/h7-26H,1-6H3. The van der Waals surface area contributed by atoms with Crippen molar-refractivity contribution in [1.82, 2.24) is 9.13 Å². The zero-order chi connectivity index (χ0) is 31.0. The predicted octanol–water partition coefficient (Wildman–Crippen LogP) is 11.4. The maximum absolute atomic E-state index is 2.41. The van der Waals surface area contributed by atoms with Crippen LogP contribution in [0.15, 0.2) is 121 Å². The molecule has 0 saturated heterocycles. The van der Waals surface area contributed by atoms with Gasteiger partial charge >= 0.3 is 0 Å². The van der Waals surface area contributed by atoms with E-state index in [4.69, 9.17) is 0 Å². The van der Waals surface area contributed by atoms with Crippen LogP contribution < -0.4 is 0 Å². The van der Waals surface area contributed by atoms with Gasteiger partial charge in [-0.2, -0.15) is 0 Å². The highest BCUT2D eigenvalue weighted by Crippen LogP contribution is 2.37. The molecule has 0 spiro atoms. The molecule has 0 radical (unpaired) electrons. The van der Waals surface area contributed by atoms with Crippen molar-refractivity contribution in [3.05, 3.63) is 155 Å². The number of fused-ring (bicyclic) bond motifs is 6. The van der Waals surface area contributed by atoms with E-state index in [1.54, 1.807) is 0 Å². The second kappa shape index (κ2) is 9.97. The molecule has 0 N–H and O–H groups in total. The van der Waals surface area contributed by atoms with E-state index < -0.39 is 0 Å². The molecule has 2 nitrogen and oxygen atoms in total. The fourth-order valence-corrected chi connectivity index (χ4v) is 7.28. The summed E-state index contributed by atoms with van der Waals surface area (Å²) in [6, 6.07) is 45.5.